The second kappa shape index (κ2) is 10.3. The van der Waals surface area contributed by atoms with Crippen molar-refractivity contribution in [3.8, 4) is 11.3 Å². The molecule has 2 saturated heterocycles. The lowest BCUT2D eigenvalue weighted by molar-refractivity contribution is -0.143. The maximum absolute atomic E-state index is 13.9. The minimum atomic E-state index is -1.23. The first-order valence-corrected chi connectivity index (χ1v) is 14.1. The number of likely N-dealkylation sites (tertiary alicyclic amines) is 1. The van der Waals surface area contributed by atoms with Crippen LogP contribution in [0.15, 0.2) is 12.4 Å². The molecule has 2 aromatic heterocycles. The monoisotopic (exact) mass is 567 g/mol. The summed E-state index contributed by atoms with van der Waals surface area (Å²) < 4.78 is 5.56. The van der Waals surface area contributed by atoms with Gasteiger partial charge >= 0.3 is 6.09 Å². The molecule has 2 amide bonds. The number of amides is 2. The van der Waals surface area contributed by atoms with Crippen molar-refractivity contribution < 1.29 is 19.4 Å². The number of morpholine rings is 1. The second-order valence-corrected chi connectivity index (χ2v) is 12.8. The third-order valence-electron chi connectivity index (χ3n) is 8.39. The highest BCUT2D eigenvalue weighted by atomic mass is 16.5. The third-order valence-corrected chi connectivity index (χ3v) is 8.39. The average molecular weight is 568 g/mol. The topological polar surface area (TPSA) is 154 Å². The molecule has 0 bridgehead atoms. The van der Waals surface area contributed by atoms with Gasteiger partial charge in [0.25, 0.3) is 0 Å². The number of fused-ring (bicyclic) bond motifs is 1. The molecule has 5 rings (SSSR count). The molecule has 13 nitrogen and oxygen atoms in total. The fourth-order valence-electron chi connectivity index (χ4n) is 6.56. The summed E-state index contributed by atoms with van der Waals surface area (Å²) in [7, 11) is 0. The van der Waals surface area contributed by atoms with Crippen LogP contribution in [0.2, 0.25) is 0 Å². The van der Waals surface area contributed by atoms with Crippen LogP contribution in [0.3, 0.4) is 0 Å². The second-order valence-electron chi connectivity index (χ2n) is 12.8. The van der Waals surface area contributed by atoms with Crippen LogP contribution in [0.4, 0.5) is 22.5 Å². The van der Waals surface area contributed by atoms with Gasteiger partial charge in [0, 0.05) is 61.8 Å². The zero-order valence-electron chi connectivity index (χ0n) is 24.8. The molecule has 3 N–H and O–H groups in total. The third kappa shape index (κ3) is 5.22. The number of aromatic nitrogens is 4. The number of nitrogens with zero attached hydrogens (tertiary/aromatic N) is 8. The lowest BCUT2D eigenvalue weighted by Gasteiger charge is -2.45. The number of anilines is 3. The fourth-order valence-corrected chi connectivity index (χ4v) is 6.56. The summed E-state index contributed by atoms with van der Waals surface area (Å²) in [5.41, 5.74) is 5.99. The standard InChI is InChI=1S/C28H41N9O4/c1-26(2,3)37(25(39)40)27(4,5)22(38)35-10-8-28(6,17-35)36-9-7-19-20(18-15-30-23(29)31-16-18)32-24(33-21(19)36)34-11-13-41-14-12-34/h15-16H,7-14,17H2,1-6H3,(H,39,40)(H2,29,30,31)/t28-/m0/s1. The van der Waals surface area contributed by atoms with E-state index in [-0.39, 0.29) is 11.9 Å². The number of carbonyl (C=O) groups excluding carboxylic acids is 1. The molecular weight excluding hydrogens is 526 g/mol. The Kier molecular flexibility index (Phi) is 7.21. The van der Waals surface area contributed by atoms with Gasteiger partial charge in [-0.25, -0.2) is 19.7 Å². The molecular formula is C28H41N9O4. The molecule has 13 heteroatoms. The van der Waals surface area contributed by atoms with Crippen molar-refractivity contribution in [2.24, 2.45) is 0 Å². The van der Waals surface area contributed by atoms with Crippen LogP contribution in [-0.2, 0) is 16.0 Å². The molecule has 222 valence electrons. The molecule has 3 aliphatic rings. The molecule has 0 aliphatic carbocycles. The van der Waals surface area contributed by atoms with E-state index < -0.39 is 22.7 Å². The Balaban J connectivity index is 1.47. The van der Waals surface area contributed by atoms with Crippen LogP contribution in [0.1, 0.15) is 53.5 Å². The van der Waals surface area contributed by atoms with Crippen molar-refractivity contribution in [3.05, 3.63) is 18.0 Å². The minimum absolute atomic E-state index is 0.200. The Morgan fingerprint density at radius 1 is 1.05 bits per heavy atom. The summed E-state index contributed by atoms with van der Waals surface area (Å²) in [6.07, 6.45) is 3.75. The zero-order chi connectivity index (χ0) is 29.7. The van der Waals surface area contributed by atoms with Crippen LogP contribution in [0.25, 0.3) is 11.3 Å². The molecule has 1 atom stereocenters. The average Bonchev–Trinajstić information content (AvgIpc) is 3.52. The minimum Gasteiger partial charge on any atom is -0.465 e. The highest BCUT2D eigenvalue weighted by molar-refractivity contribution is 5.89. The van der Waals surface area contributed by atoms with Gasteiger partial charge in [-0.05, 0) is 54.4 Å². The number of ether oxygens (including phenoxy) is 1. The normalized spacial score (nSPS) is 21.3. The van der Waals surface area contributed by atoms with Crippen molar-refractivity contribution in [1.82, 2.24) is 29.7 Å². The van der Waals surface area contributed by atoms with Crippen molar-refractivity contribution in [2.45, 2.75) is 71.0 Å². The predicted molar refractivity (Wildman–Crippen MR) is 155 cm³/mol. The molecule has 3 aliphatic heterocycles. The lowest BCUT2D eigenvalue weighted by atomic mass is 9.93. The van der Waals surface area contributed by atoms with Crippen molar-refractivity contribution in [1.29, 1.82) is 0 Å². The van der Waals surface area contributed by atoms with E-state index in [0.29, 0.717) is 45.3 Å². The largest absolute Gasteiger partial charge is 0.465 e. The maximum atomic E-state index is 13.9. The van der Waals surface area contributed by atoms with Crippen LogP contribution in [0.5, 0.6) is 0 Å². The van der Waals surface area contributed by atoms with Crippen LogP contribution < -0.4 is 15.5 Å². The Labute approximate surface area is 240 Å². The van der Waals surface area contributed by atoms with E-state index >= 15 is 0 Å². The molecule has 2 fully saturated rings. The summed E-state index contributed by atoms with van der Waals surface area (Å²) in [6, 6.07) is 0. The molecule has 2 aromatic rings. The summed E-state index contributed by atoms with van der Waals surface area (Å²) >= 11 is 0. The van der Waals surface area contributed by atoms with E-state index in [0.717, 1.165) is 42.0 Å². The Morgan fingerprint density at radius 3 is 2.32 bits per heavy atom. The van der Waals surface area contributed by atoms with Gasteiger partial charge in [-0.15, -0.1) is 0 Å². The first kappa shape index (κ1) is 28.8. The Hall–Kier alpha value is -3.74. The molecule has 0 saturated carbocycles. The number of hydrogen-bond acceptors (Lipinski definition) is 10. The summed E-state index contributed by atoms with van der Waals surface area (Å²) in [6.45, 7) is 15.3. The van der Waals surface area contributed by atoms with Gasteiger partial charge in [0.2, 0.25) is 17.8 Å². The lowest BCUT2D eigenvalue weighted by Crippen LogP contribution is -2.63. The van der Waals surface area contributed by atoms with Gasteiger partial charge in [-0.2, -0.15) is 4.98 Å². The van der Waals surface area contributed by atoms with Gasteiger partial charge < -0.3 is 30.3 Å². The van der Waals surface area contributed by atoms with Gasteiger partial charge in [-0.1, -0.05) is 0 Å². The van der Waals surface area contributed by atoms with E-state index in [2.05, 4.69) is 26.7 Å². The van der Waals surface area contributed by atoms with E-state index in [1.165, 1.54) is 4.90 Å². The number of carbonyl (C=O) groups is 2. The Morgan fingerprint density at radius 2 is 1.71 bits per heavy atom. The summed E-state index contributed by atoms with van der Waals surface area (Å²) in [4.78, 5) is 52.0. The van der Waals surface area contributed by atoms with E-state index in [1.54, 1.807) is 51.9 Å². The molecule has 41 heavy (non-hydrogen) atoms. The molecule has 0 unspecified atom stereocenters. The van der Waals surface area contributed by atoms with E-state index in [1.807, 2.05) is 0 Å². The number of hydrogen-bond donors (Lipinski definition) is 2. The summed E-state index contributed by atoms with van der Waals surface area (Å²) in [5, 5.41) is 9.99. The first-order valence-electron chi connectivity index (χ1n) is 14.1. The van der Waals surface area contributed by atoms with Gasteiger partial charge in [0.15, 0.2) is 0 Å². The Bertz CT molecular complexity index is 1320. The van der Waals surface area contributed by atoms with Gasteiger partial charge in [0.1, 0.15) is 11.4 Å². The van der Waals surface area contributed by atoms with Crippen LogP contribution >= 0.6 is 0 Å². The van der Waals surface area contributed by atoms with E-state index in [9.17, 15) is 14.7 Å². The quantitative estimate of drug-likeness (QED) is 0.547. The number of nitrogen functional groups attached to an aromatic ring is 1. The van der Waals surface area contributed by atoms with Crippen molar-refractivity contribution in [3.63, 3.8) is 0 Å². The smallest absolute Gasteiger partial charge is 0.408 e. The van der Waals surface area contributed by atoms with Crippen LogP contribution in [0, 0.1) is 0 Å². The predicted octanol–water partition coefficient (Wildman–Crippen LogP) is 2.26. The van der Waals surface area contributed by atoms with Gasteiger partial charge in [-0.3, -0.25) is 9.69 Å². The number of rotatable bonds is 5. The number of carboxylic acid groups (broad SMARTS) is 1. The fraction of sp³-hybridized carbons (Fsp3) is 0.643. The van der Waals surface area contributed by atoms with Crippen LogP contribution in [-0.4, -0.2) is 109 Å². The van der Waals surface area contributed by atoms with E-state index in [4.69, 9.17) is 20.4 Å². The number of nitrogens with two attached hydrogens (primary N) is 1. The van der Waals surface area contributed by atoms with Crippen molar-refractivity contribution in [2.75, 3.05) is 61.5 Å². The highest BCUT2D eigenvalue weighted by Gasteiger charge is 2.50. The molecule has 0 spiro atoms. The summed E-state index contributed by atoms with van der Waals surface area (Å²) in [5.74, 6) is 1.48. The SMILES string of the molecule is CC(C)(C)N(C(=O)O)C(C)(C)C(=O)N1CC[C@](C)(N2CCc3c(-c4cnc(N)nc4)nc(N4CCOCC4)nc32)C1. The van der Waals surface area contributed by atoms with Crippen molar-refractivity contribution >= 4 is 29.7 Å². The maximum Gasteiger partial charge on any atom is 0.408 e. The molecule has 5 heterocycles. The molecule has 0 radical (unpaired) electrons. The molecule has 0 aromatic carbocycles. The van der Waals surface area contributed by atoms with Gasteiger partial charge in [0.05, 0.1) is 24.4 Å². The highest BCUT2D eigenvalue weighted by Crippen LogP contribution is 2.42. The first-order chi connectivity index (χ1) is 19.2. The zero-order valence-corrected chi connectivity index (χ0v) is 24.8.